The largest absolute Gasteiger partial charge is 0.383 e. The molecule has 2 rings (SSSR count). The fourth-order valence-corrected chi connectivity index (χ4v) is 2.38. The van der Waals surface area contributed by atoms with Crippen LogP contribution in [0, 0.1) is 5.41 Å². The molecule has 1 aromatic carbocycles. The molecule has 5 heteroatoms. The van der Waals surface area contributed by atoms with Gasteiger partial charge in [-0.2, -0.15) is 0 Å². The van der Waals surface area contributed by atoms with Crippen molar-refractivity contribution in [2.45, 2.75) is 6.54 Å². The lowest BCUT2D eigenvalue weighted by Gasteiger charge is -2.02. The van der Waals surface area contributed by atoms with E-state index in [2.05, 4.69) is 0 Å². The number of thiazole rings is 1. The van der Waals surface area contributed by atoms with Gasteiger partial charge in [-0.05, 0) is 12.1 Å². The smallest absolute Gasteiger partial charge is 0.182 e. The minimum atomic E-state index is 0. The molecule has 0 radical (unpaired) electrons. The molecular weight excluding hydrogens is 276 g/mol. The molecule has 0 aliphatic rings. The molecule has 1 N–H and O–H groups in total. The third-order valence-corrected chi connectivity index (χ3v) is 3.11. The lowest BCUT2D eigenvalue weighted by atomic mass is 10.3. The normalized spacial score (nSPS) is 10.2. The summed E-state index contributed by atoms with van der Waals surface area (Å²) in [6, 6.07) is 8.08. The van der Waals surface area contributed by atoms with Crippen molar-refractivity contribution in [1.82, 2.24) is 4.57 Å². The van der Waals surface area contributed by atoms with Gasteiger partial charge in [0.25, 0.3) is 0 Å². The summed E-state index contributed by atoms with van der Waals surface area (Å²) in [5.41, 5.74) is 1.12. The molecule has 82 valence electrons. The molecule has 0 aliphatic heterocycles. The number of methoxy groups -OCH3 is 1. The van der Waals surface area contributed by atoms with E-state index in [1.54, 1.807) is 7.11 Å². The minimum absolute atomic E-state index is 0. The number of benzene rings is 1. The SMILES string of the molecule is Br.COCCn1c(=N)sc2ccccc21. The molecular formula is C10H13BrN2OS. The van der Waals surface area contributed by atoms with Gasteiger partial charge in [0, 0.05) is 13.7 Å². The molecule has 0 amide bonds. The van der Waals surface area contributed by atoms with Crippen molar-refractivity contribution in [2.75, 3.05) is 13.7 Å². The number of aromatic nitrogens is 1. The highest BCUT2D eigenvalue weighted by molar-refractivity contribution is 8.93. The minimum Gasteiger partial charge on any atom is -0.383 e. The number of fused-ring (bicyclic) bond motifs is 1. The summed E-state index contributed by atoms with van der Waals surface area (Å²) in [5, 5.41) is 7.80. The predicted octanol–water partition coefficient (Wildman–Crippen LogP) is 2.41. The Bertz CT molecular complexity index is 491. The molecule has 2 aromatic rings. The molecule has 1 aromatic heterocycles. The van der Waals surface area contributed by atoms with Crippen LogP contribution < -0.4 is 4.80 Å². The monoisotopic (exact) mass is 288 g/mol. The zero-order valence-electron chi connectivity index (χ0n) is 8.40. The first kappa shape index (κ1) is 12.4. The van der Waals surface area contributed by atoms with Gasteiger partial charge < -0.3 is 9.30 Å². The van der Waals surface area contributed by atoms with Gasteiger partial charge in [0.15, 0.2) is 4.80 Å². The Balaban J connectivity index is 0.00000112. The highest BCUT2D eigenvalue weighted by Crippen LogP contribution is 2.15. The first-order valence-electron chi connectivity index (χ1n) is 4.45. The average molecular weight is 289 g/mol. The van der Waals surface area contributed by atoms with Crippen LogP contribution in [-0.2, 0) is 11.3 Å². The van der Waals surface area contributed by atoms with Crippen LogP contribution in [0.5, 0.6) is 0 Å². The van der Waals surface area contributed by atoms with Gasteiger partial charge in [0.2, 0.25) is 0 Å². The van der Waals surface area contributed by atoms with Crippen LogP contribution in [0.3, 0.4) is 0 Å². The predicted molar refractivity (Wildman–Crippen MR) is 67.9 cm³/mol. The van der Waals surface area contributed by atoms with E-state index < -0.39 is 0 Å². The van der Waals surface area contributed by atoms with Gasteiger partial charge in [-0.25, -0.2) is 0 Å². The Morgan fingerprint density at radius 2 is 2.13 bits per heavy atom. The standard InChI is InChI=1S/C10H12N2OS.BrH/c1-13-7-6-12-8-4-2-3-5-9(8)14-10(12)11;/h2-5,11H,6-7H2,1H3;1H. The number of nitrogens with zero attached hydrogens (tertiary/aromatic N) is 1. The maximum absolute atomic E-state index is 7.80. The molecule has 0 aliphatic carbocycles. The third-order valence-electron chi connectivity index (χ3n) is 2.13. The maximum Gasteiger partial charge on any atom is 0.182 e. The van der Waals surface area contributed by atoms with E-state index in [1.165, 1.54) is 11.3 Å². The molecule has 0 fully saturated rings. The second kappa shape index (κ2) is 5.44. The van der Waals surface area contributed by atoms with Gasteiger partial charge in [-0.15, -0.1) is 17.0 Å². The molecule has 0 atom stereocenters. The summed E-state index contributed by atoms with van der Waals surface area (Å²) < 4.78 is 8.16. The summed E-state index contributed by atoms with van der Waals surface area (Å²) in [6.45, 7) is 1.40. The first-order chi connectivity index (χ1) is 6.83. The number of ether oxygens (including phenoxy) is 1. The summed E-state index contributed by atoms with van der Waals surface area (Å²) in [6.07, 6.45) is 0. The Labute approximate surface area is 103 Å². The average Bonchev–Trinajstić information content (AvgIpc) is 2.51. The molecule has 0 unspecified atom stereocenters. The van der Waals surface area contributed by atoms with Crippen LogP contribution in [0.15, 0.2) is 24.3 Å². The van der Waals surface area contributed by atoms with Crippen molar-refractivity contribution < 1.29 is 4.74 Å². The van der Waals surface area contributed by atoms with Crippen molar-refractivity contribution >= 4 is 38.5 Å². The number of para-hydroxylation sites is 1. The number of nitrogens with one attached hydrogen (secondary N) is 1. The van der Waals surface area contributed by atoms with Crippen LogP contribution in [0.2, 0.25) is 0 Å². The van der Waals surface area contributed by atoms with Crippen molar-refractivity contribution in [2.24, 2.45) is 0 Å². The van der Waals surface area contributed by atoms with E-state index in [-0.39, 0.29) is 17.0 Å². The van der Waals surface area contributed by atoms with E-state index >= 15 is 0 Å². The number of hydrogen-bond donors (Lipinski definition) is 1. The molecule has 3 nitrogen and oxygen atoms in total. The van der Waals surface area contributed by atoms with Crippen molar-refractivity contribution in [1.29, 1.82) is 5.41 Å². The van der Waals surface area contributed by atoms with Crippen LogP contribution >= 0.6 is 28.3 Å². The Kier molecular flexibility index (Phi) is 4.50. The fraction of sp³-hybridized carbons (Fsp3) is 0.300. The lowest BCUT2D eigenvalue weighted by Crippen LogP contribution is -2.15. The molecule has 15 heavy (non-hydrogen) atoms. The number of rotatable bonds is 3. The summed E-state index contributed by atoms with van der Waals surface area (Å²) in [7, 11) is 1.68. The Morgan fingerprint density at radius 1 is 1.40 bits per heavy atom. The van der Waals surface area contributed by atoms with Gasteiger partial charge in [0.05, 0.1) is 16.8 Å². The zero-order chi connectivity index (χ0) is 9.97. The highest BCUT2D eigenvalue weighted by atomic mass is 79.9. The van der Waals surface area contributed by atoms with E-state index in [9.17, 15) is 0 Å². The van der Waals surface area contributed by atoms with Crippen molar-refractivity contribution in [3.05, 3.63) is 29.1 Å². The molecule has 0 saturated heterocycles. The quantitative estimate of drug-likeness (QED) is 0.925. The Morgan fingerprint density at radius 3 is 2.87 bits per heavy atom. The molecule has 0 saturated carbocycles. The number of halogens is 1. The fourth-order valence-electron chi connectivity index (χ4n) is 1.44. The van der Waals surface area contributed by atoms with E-state index in [4.69, 9.17) is 10.1 Å². The van der Waals surface area contributed by atoms with Crippen molar-refractivity contribution in [3.63, 3.8) is 0 Å². The van der Waals surface area contributed by atoms with Crippen LogP contribution in [0.4, 0.5) is 0 Å². The van der Waals surface area contributed by atoms with E-state index in [0.29, 0.717) is 11.4 Å². The van der Waals surface area contributed by atoms with Gasteiger partial charge in [0.1, 0.15) is 0 Å². The third kappa shape index (κ3) is 2.48. The Hall–Kier alpha value is -0.650. The van der Waals surface area contributed by atoms with Gasteiger partial charge >= 0.3 is 0 Å². The van der Waals surface area contributed by atoms with Gasteiger partial charge in [-0.3, -0.25) is 5.41 Å². The van der Waals surface area contributed by atoms with Crippen LogP contribution in [0.1, 0.15) is 0 Å². The lowest BCUT2D eigenvalue weighted by molar-refractivity contribution is 0.187. The van der Waals surface area contributed by atoms with Crippen LogP contribution in [-0.4, -0.2) is 18.3 Å². The highest BCUT2D eigenvalue weighted by Gasteiger charge is 2.02. The molecule has 1 heterocycles. The molecule has 0 spiro atoms. The van der Waals surface area contributed by atoms with E-state index in [1.807, 2.05) is 28.8 Å². The topological polar surface area (TPSA) is 38.0 Å². The summed E-state index contributed by atoms with van der Waals surface area (Å²) in [5.74, 6) is 0. The second-order valence-corrected chi connectivity index (χ2v) is 4.05. The van der Waals surface area contributed by atoms with E-state index in [0.717, 1.165) is 16.8 Å². The maximum atomic E-state index is 7.80. The number of hydrogen-bond acceptors (Lipinski definition) is 3. The molecule has 0 bridgehead atoms. The zero-order valence-corrected chi connectivity index (χ0v) is 10.9. The van der Waals surface area contributed by atoms with Gasteiger partial charge in [-0.1, -0.05) is 23.5 Å². The van der Waals surface area contributed by atoms with Crippen LogP contribution in [0.25, 0.3) is 10.2 Å². The summed E-state index contributed by atoms with van der Waals surface area (Å²) in [4.78, 5) is 0.586. The first-order valence-corrected chi connectivity index (χ1v) is 5.26. The summed E-state index contributed by atoms with van der Waals surface area (Å²) >= 11 is 1.50. The van der Waals surface area contributed by atoms with Crippen molar-refractivity contribution in [3.8, 4) is 0 Å². The second-order valence-electron chi connectivity index (χ2n) is 3.02.